The molecule has 1 aromatic heterocycles. The van der Waals surface area contributed by atoms with Crippen LogP contribution in [0.1, 0.15) is 54.5 Å². The Bertz CT molecular complexity index is 1390. The van der Waals surface area contributed by atoms with Crippen LogP contribution in [0.15, 0.2) is 77.6 Å². The second-order valence-corrected chi connectivity index (χ2v) is 8.56. The van der Waals surface area contributed by atoms with E-state index >= 15 is 0 Å². The summed E-state index contributed by atoms with van der Waals surface area (Å²) in [5.74, 6) is 1.20. The number of ether oxygens (including phenoxy) is 1. The minimum absolute atomic E-state index is 0.0551. The van der Waals surface area contributed by atoms with Crippen molar-refractivity contribution >= 4 is 16.8 Å². The Morgan fingerprint density at radius 3 is 2.34 bits per heavy atom. The molecule has 1 amide bonds. The number of amides is 1. The minimum Gasteiger partial charge on any atom is -0.497 e. The molecule has 0 aliphatic rings. The Kier molecular flexibility index (Phi) is 7.30. The van der Waals surface area contributed by atoms with Gasteiger partial charge in [-0.3, -0.25) is 14.2 Å². The van der Waals surface area contributed by atoms with Crippen LogP contribution in [0.3, 0.4) is 0 Å². The number of nitrogens with zero attached hydrogens (tertiary/aromatic N) is 3. The molecule has 0 fully saturated rings. The fourth-order valence-electron chi connectivity index (χ4n) is 4.50. The van der Waals surface area contributed by atoms with Gasteiger partial charge < -0.3 is 9.64 Å². The molecule has 0 radical (unpaired) electrons. The third-order valence-corrected chi connectivity index (χ3v) is 6.29. The smallest absolute Gasteiger partial charge is 0.266 e. The zero-order valence-corrected chi connectivity index (χ0v) is 20.7. The SMILES string of the molecule is CCCN(C(=O)c1ccccc1C)C(CC)c1nc2ccccc2c(=O)n1-c1ccc(OC)cc1. The van der Waals surface area contributed by atoms with Crippen molar-refractivity contribution in [1.82, 2.24) is 14.5 Å². The molecule has 0 aliphatic heterocycles. The van der Waals surface area contributed by atoms with Crippen molar-refractivity contribution in [2.24, 2.45) is 0 Å². The lowest BCUT2D eigenvalue weighted by Gasteiger charge is -2.32. The van der Waals surface area contributed by atoms with Crippen molar-refractivity contribution in [3.63, 3.8) is 0 Å². The summed E-state index contributed by atoms with van der Waals surface area (Å²) in [5.41, 5.74) is 2.73. The molecule has 6 nitrogen and oxygen atoms in total. The van der Waals surface area contributed by atoms with Crippen LogP contribution in [-0.4, -0.2) is 34.0 Å². The first-order chi connectivity index (χ1) is 17.0. The summed E-state index contributed by atoms with van der Waals surface area (Å²) in [7, 11) is 1.61. The lowest BCUT2D eigenvalue weighted by atomic mass is 10.0. The van der Waals surface area contributed by atoms with Crippen LogP contribution in [0, 0.1) is 6.92 Å². The third kappa shape index (κ3) is 4.69. The van der Waals surface area contributed by atoms with E-state index in [0.29, 0.717) is 46.7 Å². The number of aryl methyl sites for hydroxylation is 1. The number of fused-ring (bicyclic) bond motifs is 1. The van der Waals surface area contributed by atoms with Crippen LogP contribution < -0.4 is 10.3 Å². The highest BCUT2D eigenvalue weighted by Crippen LogP contribution is 2.28. The predicted molar refractivity (Wildman–Crippen MR) is 139 cm³/mol. The topological polar surface area (TPSA) is 64.4 Å². The number of aromatic nitrogens is 2. The van der Waals surface area contributed by atoms with Crippen LogP contribution >= 0.6 is 0 Å². The molecular formula is C29H31N3O3. The van der Waals surface area contributed by atoms with E-state index in [2.05, 4.69) is 6.92 Å². The van der Waals surface area contributed by atoms with E-state index < -0.39 is 0 Å². The summed E-state index contributed by atoms with van der Waals surface area (Å²) >= 11 is 0. The first-order valence-corrected chi connectivity index (χ1v) is 12.0. The van der Waals surface area contributed by atoms with Gasteiger partial charge in [-0.2, -0.15) is 0 Å². The van der Waals surface area contributed by atoms with Gasteiger partial charge in [0.1, 0.15) is 11.6 Å². The van der Waals surface area contributed by atoms with Gasteiger partial charge in [-0.25, -0.2) is 4.98 Å². The van der Waals surface area contributed by atoms with Crippen LogP contribution in [0.2, 0.25) is 0 Å². The van der Waals surface area contributed by atoms with E-state index in [1.165, 1.54) is 0 Å². The Balaban J connectivity index is 1.94. The molecule has 4 rings (SSSR count). The number of hydrogen-bond donors (Lipinski definition) is 0. The highest BCUT2D eigenvalue weighted by Gasteiger charge is 2.29. The number of methoxy groups -OCH3 is 1. The van der Waals surface area contributed by atoms with Crippen molar-refractivity contribution in [2.45, 2.75) is 39.7 Å². The number of para-hydroxylation sites is 1. The second kappa shape index (κ2) is 10.6. The van der Waals surface area contributed by atoms with Gasteiger partial charge in [0.25, 0.3) is 11.5 Å². The maximum atomic E-state index is 13.8. The van der Waals surface area contributed by atoms with Gasteiger partial charge in [0.15, 0.2) is 0 Å². The van der Waals surface area contributed by atoms with Crippen molar-refractivity contribution in [2.75, 3.05) is 13.7 Å². The fourth-order valence-corrected chi connectivity index (χ4v) is 4.50. The van der Waals surface area contributed by atoms with Crippen molar-refractivity contribution in [3.8, 4) is 11.4 Å². The molecule has 0 aliphatic carbocycles. The van der Waals surface area contributed by atoms with E-state index in [9.17, 15) is 9.59 Å². The zero-order valence-electron chi connectivity index (χ0n) is 20.7. The molecule has 3 aromatic carbocycles. The summed E-state index contributed by atoms with van der Waals surface area (Å²) in [5, 5.41) is 0.536. The van der Waals surface area contributed by atoms with E-state index in [1.807, 2.05) is 85.5 Å². The Labute approximate surface area is 205 Å². The van der Waals surface area contributed by atoms with Gasteiger partial charge in [0, 0.05) is 12.1 Å². The molecule has 1 atom stereocenters. The monoisotopic (exact) mass is 469 g/mol. The Morgan fingerprint density at radius 1 is 1.00 bits per heavy atom. The van der Waals surface area contributed by atoms with Crippen molar-refractivity contribution in [3.05, 3.63) is 100 Å². The summed E-state index contributed by atoms with van der Waals surface area (Å²) < 4.78 is 6.95. The molecule has 4 aromatic rings. The highest BCUT2D eigenvalue weighted by molar-refractivity contribution is 5.96. The van der Waals surface area contributed by atoms with Gasteiger partial charge in [-0.15, -0.1) is 0 Å². The summed E-state index contributed by atoms with van der Waals surface area (Å²) in [4.78, 5) is 34.4. The number of rotatable bonds is 8. The maximum absolute atomic E-state index is 13.8. The molecule has 180 valence electrons. The Hall–Kier alpha value is -3.93. The third-order valence-electron chi connectivity index (χ3n) is 6.29. The number of benzene rings is 3. The lowest BCUT2D eigenvalue weighted by molar-refractivity contribution is 0.0658. The molecular weight excluding hydrogens is 438 g/mol. The minimum atomic E-state index is -0.388. The van der Waals surface area contributed by atoms with E-state index in [-0.39, 0.29) is 17.5 Å². The molecule has 0 saturated heterocycles. The summed E-state index contributed by atoms with van der Waals surface area (Å²) in [6, 6.07) is 21.9. The fraction of sp³-hybridized carbons (Fsp3) is 0.276. The first-order valence-electron chi connectivity index (χ1n) is 12.0. The molecule has 1 unspecified atom stereocenters. The van der Waals surface area contributed by atoms with Gasteiger partial charge in [-0.05, 0) is 67.8 Å². The number of carbonyl (C=O) groups excluding carboxylic acids is 1. The highest BCUT2D eigenvalue weighted by atomic mass is 16.5. The average molecular weight is 470 g/mol. The van der Waals surface area contributed by atoms with Crippen molar-refractivity contribution < 1.29 is 9.53 Å². The normalized spacial score (nSPS) is 11.9. The van der Waals surface area contributed by atoms with Gasteiger partial charge >= 0.3 is 0 Å². The van der Waals surface area contributed by atoms with E-state index in [0.717, 1.165) is 12.0 Å². The molecule has 1 heterocycles. The zero-order chi connectivity index (χ0) is 24.9. The number of hydrogen-bond acceptors (Lipinski definition) is 4. The molecule has 0 N–H and O–H groups in total. The molecule has 0 saturated carbocycles. The van der Waals surface area contributed by atoms with Crippen LogP contribution in [-0.2, 0) is 0 Å². The summed E-state index contributed by atoms with van der Waals surface area (Å²) in [6.45, 7) is 6.57. The molecule has 35 heavy (non-hydrogen) atoms. The van der Waals surface area contributed by atoms with E-state index in [4.69, 9.17) is 9.72 Å². The predicted octanol–water partition coefficient (Wildman–Crippen LogP) is 5.71. The maximum Gasteiger partial charge on any atom is 0.266 e. The average Bonchev–Trinajstić information content (AvgIpc) is 2.89. The second-order valence-electron chi connectivity index (χ2n) is 8.56. The van der Waals surface area contributed by atoms with Crippen LogP contribution in [0.5, 0.6) is 5.75 Å². The summed E-state index contributed by atoms with van der Waals surface area (Å²) in [6.07, 6.45) is 1.40. The van der Waals surface area contributed by atoms with E-state index in [1.54, 1.807) is 17.7 Å². The Morgan fingerprint density at radius 2 is 1.69 bits per heavy atom. The lowest BCUT2D eigenvalue weighted by Crippen LogP contribution is -2.39. The molecule has 0 spiro atoms. The first kappa shape index (κ1) is 24.2. The number of carbonyl (C=O) groups is 1. The standard InChI is InChI=1S/C29H31N3O3/c1-5-19-31(28(33)23-12-8-7-11-20(23)3)26(6-2)27-30-25-14-10-9-13-24(25)29(34)32(27)21-15-17-22(35-4)18-16-21/h7-18,26H,5-6,19H2,1-4H3. The van der Waals surface area contributed by atoms with Crippen LogP contribution in [0.4, 0.5) is 0 Å². The van der Waals surface area contributed by atoms with Gasteiger partial charge in [-0.1, -0.05) is 44.2 Å². The largest absolute Gasteiger partial charge is 0.497 e. The quantitative estimate of drug-likeness (QED) is 0.332. The van der Waals surface area contributed by atoms with Crippen LogP contribution in [0.25, 0.3) is 16.6 Å². The molecule has 6 heteroatoms. The van der Waals surface area contributed by atoms with Crippen molar-refractivity contribution in [1.29, 1.82) is 0 Å². The van der Waals surface area contributed by atoms with Gasteiger partial charge in [0.2, 0.25) is 0 Å². The van der Waals surface area contributed by atoms with Gasteiger partial charge in [0.05, 0.1) is 29.7 Å². The molecule has 0 bridgehead atoms.